The van der Waals surface area contributed by atoms with Gasteiger partial charge in [0.1, 0.15) is 5.75 Å². The monoisotopic (exact) mass is 291 g/mol. The van der Waals surface area contributed by atoms with E-state index in [2.05, 4.69) is 10.3 Å². The number of rotatable bonds is 5. The van der Waals surface area contributed by atoms with Crippen LogP contribution in [0.4, 0.5) is 5.69 Å². The van der Waals surface area contributed by atoms with E-state index in [0.29, 0.717) is 30.2 Å². The summed E-state index contributed by atoms with van der Waals surface area (Å²) < 4.78 is 5.34. The Labute approximate surface area is 121 Å². The van der Waals surface area contributed by atoms with Crippen molar-refractivity contribution in [3.63, 3.8) is 0 Å². The maximum atomic E-state index is 12.0. The summed E-state index contributed by atoms with van der Waals surface area (Å²) in [5.74, 6) is 0.440. The predicted molar refractivity (Wildman–Crippen MR) is 80.0 cm³/mol. The minimum atomic E-state index is -0.160. The predicted octanol–water partition coefficient (Wildman–Crippen LogP) is 2.36. The minimum Gasteiger partial charge on any atom is -0.492 e. The first-order chi connectivity index (χ1) is 9.61. The molecule has 20 heavy (non-hydrogen) atoms. The van der Waals surface area contributed by atoms with Crippen molar-refractivity contribution in [2.24, 2.45) is 0 Å². The molecule has 0 radical (unpaired) electrons. The van der Waals surface area contributed by atoms with E-state index in [4.69, 9.17) is 10.5 Å². The Morgan fingerprint density at radius 1 is 1.50 bits per heavy atom. The summed E-state index contributed by atoms with van der Waals surface area (Å²) in [6, 6.07) is 5.04. The molecule has 0 unspecified atom stereocenters. The van der Waals surface area contributed by atoms with Gasteiger partial charge in [-0.1, -0.05) is 0 Å². The van der Waals surface area contributed by atoms with Crippen LogP contribution in [0.5, 0.6) is 5.75 Å². The largest absolute Gasteiger partial charge is 0.492 e. The van der Waals surface area contributed by atoms with Gasteiger partial charge in [-0.05, 0) is 32.0 Å². The molecule has 1 aromatic carbocycles. The molecule has 5 nitrogen and oxygen atoms in total. The SMILES string of the molecule is CCOc1ccc(C(=O)NCc2scnc2C)cc1N. The third-order valence-electron chi connectivity index (χ3n) is 2.83. The third-order valence-corrected chi connectivity index (χ3v) is 3.76. The molecule has 2 aromatic rings. The Hall–Kier alpha value is -2.08. The molecule has 0 aliphatic heterocycles. The molecule has 0 aliphatic carbocycles. The zero-order valence-corrected chi connectivity index (χ0v) is 12.3. The number of ether oxygens (including phenoxy) is 1. The molecule has 0 fully saturated rings. The van der Waals surface area contributed by atoms with Crippen LogP contribution in [0.15, 0.2) is 23.7 Å². The van der Waals surface area contributed by atoms with Crippen LogP contribution in [0.3, 0.4) is 0 Å². The van der Waals surface area contributed by atoms with Crippen LogP contribution < -0.4 is 15.8 Å². The number of aromatic nitrogens is 1. The van der Waals surface area contributed by atoms with Gasteiger partial charge in [-0.15, -0.1) is 11.3 Å². The lowest BCUT2D eigenvalue weighted by Crippen LogP contribution is -2.22. The first kappa shape index (κ1) is 14.3. The van der Waals surface area contributed by atoms with E-state index >= 15 is 0 Å². The maximum absolute atomic E-state index is 12.0. The summed E-state index contributed by atoms with van der Waals surface area (Å²) in [6.45, 7) is 4.83. The Kier molecular flexibility index (Phi) is 4.57. The van der Waals surface area contributed by atoms with Gasteiger partial charge in [0.15, 0.2) is 0 Å². The lowest BCUT2D eigenvalue weighted by atomic mass is 10.1. The first-order valence-electron chi connectivity index (χ1n) is 6.31. The van der Waals surface area contributed by atoms with Gasteiger partial charge >= 0.3 is 0 Å². The molecule has 2 rings (SSSR count). The fourth-order valence-electron chi connectivity index (χ4n) is 1.74. The summed E-state index contributed by atoms with van der Waals surface area (Å²) in [6.07, 6.45) is 0. The number of thiazole rings is 1. The van der Waals surface area contributed by atoms with Gasteiger partial charge in [0.2, 0.25) is 0 Å². The zero-order chi connectivity index (χ0) is 14.5. The Morgan fingerprint density at radius 2 is 2.30 bits per heavy atom. The number of aryl methyl sites for hydroxylation is 1. The van der Waals surface area contributed by atoms with Crippen molar-refractivity contribution in [3.8, 4) is 5.75 Å². The fourth-order valence-corrected chi connectivity index (χ4v) is 2.45. The van der Waals surface area contributed by atoms with E-state index in [9.17, 15) is 4.79 Å². The Balaban J connectivity index is 2.02. The quantitative estimate of drug-likeness (QED) is 0.829. The van der Waals surface area contributed by atoms with Crippen LogP contribution in [0.1, 0.15) is 27.9 Å². The van der Waals surface area contributed by atoms with Crippen molar-refractivity contribution in [3.05, 3.63) is 39.8 Å². The second-order valence-electron chi connectivity index (χ2n) is 4.23. The highest BCUT2D eigenvalue weighted by Gasteiger charge is 2.10. The van der Waals surface area contributed by atoms with Crippen molar-refractivity contribution in [1.82, 2.24) is 10.3 Å². The van der Waals surface area contributed by atoms with Crippen LogP contribution in [-0.4, -0.2) is 17.5 Å². The molecule has 1 amide bonds. The highest BCUT2D eigenvalue weighted by Crippen LogP contribution is 2.22. The van der Waals surface area contributed by atoms with Gasteiger partial charge in [0.25, 0.3) is 5.91 Å². The van der Waals surface area contributed by atoms with Gasteiger partial charge in [-0.3, -0.25) is 4.79 Å². The summed E-state index contributed by atoms with van der Waals surface area (Å²) in [7, 11) is 0. The molecule has 1 heterocycles. The first-order valence-corrected chi connectivity index (χ1v) is 7.19. The van der Waals surface area contributed by atoms with E-state index in [-0.39, 0.29) is 5.91 Å². The molecule has 0 spiro atoms. The smallest absolute Gasteiger partial charge is 0.251 e. The van der Waals surface area contributed by atoms with Gasteiger partial charge in [-0.25, -0.2) is 4.98 Å². The summed E-state index contributed by atoms with van der Waals surface area (Å²) in [5.41, 5.74) is 9.55. The summed E-state index contributed by atoms with van der Waals surface area (Å²) in [5, 5.41) is 2.86. The van der Waals surface area contributed by atoms with Crippen molar-refractivity contribution >= 4 is 22.9 Å². The standard InChI is InChI=1S/C14H17N3O2S/c1-3-19-12-5-4-10(6-11(12)15)14(18)16-7-13-9(2)17-8-20-13/h4-6,8H,3,7,15H2,1-2H3,(H,16,18). The minimum absolute atomic E-state index is 0.160. The number of carbonyl (C=O) groups excluding carboxylic acids is 1. The normalized spacial score (nSPS) is 10.3. The molecule has 6 heteroatoms. The van der Waals surface area contributed by atoms with Crippen LogP contribution >= 0.6 is 11.3 Å². The number of amides is 1. The number of carbonyl (C=O) groups is 1. The average Bonchev–Trinajstić information content (AvgIpc) is 2.84. The zero-order valence-electron chi connectivity index (χ0n) is 11.5. The van der Waals surface area contributed by atoms with Crippen LogP contribution in [0, 0.1) is 6.92 Å². The number of nitrogens with one attached hydrogen (secondary N) is 1. The fraction of sp³-hybridized carbons (Fsp3) is 0.286. The van der Waals surface area contributed by atoms with E-state index in [1.54, 1.807) is 23.7 Å². The number of nitrogens with two attached hydrogens (primary N) is 1. The van der Waals surface area contributed by atoms with Crippen molar-refractivity contribution in [2.75, 3.05) is 12.3 Å². The number of anilines is 1. The molecule has 0 saturated carbocycles. The van der Waals surface area contributed by atoms with Gasteiger partial charge in [-0.2, -0.15) is 0 Å². The van der Waals surface area contributed by atoms with Gasteiger partial charge in [0.05, 0.1) is 30.0 Å². The molecule has 0 atom stereocenters. The topological polar surface area (TPSA) is 77.2 Å². The highest BCUT2D eigenvalue weighted by molar-refractivity contribution is 7.09. The Morgan fingerprint density at radius 3 is 2.90 bits per heavy atom. The van der Waals surface area contributed by atoms with Gasteiger partial charge < -0.3 is 15.8 Å². The second kappa shape index (κ2) is 6.38. The van der Waals surface area contributed by atoms with Crippen molar-refractivity contribution < 1.29 is 9.53 Å². The van der Waals surface area contributed by atoms with Crippen molar-refractivity contribution in [2.45, 2.75) is 20.4 Å². The molecule has 0 aliphatic rings. The second-order valence-corrected chi connectivity index (χ2v) is 5.17. The van der Waals surface area contributed by atoms with Crippen LogP contribution in [0.2, 0.25) is 0 Å². The molecule has 106 valence electrons. The lowest BCUT2D eigenvalue weighted by molar-refractivity contribution is 0.0951. The van der Waals surface area contributed by atoms with Crippen LogP contribution in [-0.2, 0) is 6.54 Å². The number of hydrogen-bond donors (Lipinski definition) is 2. The molecule has 3 N–H and O–H groups in total. The van der Waals surface area contributed by atoms with Crippen molar-refractivity contribution in [1.29, 1.82) is 0 Å². The number of hydrogen-bond acceptors (Lipinski definition) is 5. The Bertz CT molecular complexity index is 610. The van der Waals surface area contributed by atoms with E-state index in [1.165, 1.54) is 11.3 Å². The number of nitrogen functional groups attached to an aromatic ring is 1. The third kappa shape index (κ3) is 3.27. The molecule has 0 bridgehead atoms. The number of benzene rings is 1. The summed E-state index contributed by atoms with van der Waals surface area (Å²) >= 11 is 1.53. The van der Waals surface area contributed by atoms with Gasteiger partial charge in [0, 0.05) is 10.4 Å². The molecular formula is C14H17N3O2S. The lowest BCUT2D eigenvalue weighted by Gasteiger charge is -2.09. The molecule has 1 aromatic heterocycles. The average molecular weight is 291 g/mol. The van der Waals surface area contributed by atoms with E-state index in [1.807, 2.05) is 13.8 Å². The summed E-state index contributed by atoms with van der Waals surface area (Å²) in [4.78, 5) is 17.2. The molecular weight excluding hydrogens is 274 g/mol. The number of nitrogens with zero attached hydrogens (tertiary/aromatic N) is 1. The van der Waals surface area contributed by atoms with Crippen LogP contribution in [0.25, 0.3) is 0 Å². The molecule has 0 saturated heterocycles. The highest BCUT2D eigenvalue weighted by atomic mass is 32.1. The van der Waals surface area contributed by atoms with E-state index < -0.39 is 0 Å². The maximum Gasteiger partial charge on any atom is 0.251 e. The van der Waals surface area contributed by atoms with E-state index in [0.717, 1.165) is 10.6 Å².